The third-order valence-electron chi connectivity index (χ3n) is 2.55. The molecule has 1 heterocycles. The van der Waals surface area contributed by atoms with Crippen molar-refractivity contribution >= 4 is 11.9 Å². The Bertz CT molecular complexity index is 316. The van der Waals surface area contributed by atoms with Crippen LogP contribution in [0.5, 0.6) is 0 Å². The van der Waals surface area contributed by atoms with Gasteiger partial charge in [0.2, 0.25) is 5.91 Å². The number of carboxylic acid groups (broad SMARTS) is 1. The minimum absolute atomic E-state index is 0.0195. The zero-order valence-electron chi connectivity index (χ0n) is 10.5. The molecular formula is C11H20N2O4. The van der Waals surface area contributed by atoms with Gasteiger partial charge in [-0.25, -0.2) is 4.79 Å². The molecule has 6 heteroatoms. The lowest BCUT2D eigenvalue weighted by Gasteiger charge is -2.47. The quantitative estimate of drug-likeness (QED) is 0.699. The highest BCUT2D eigenvalue weighted by atomic mass is 16.5. The van der Waals surface area contributed by atoms with Crippen molar-refractivity contribution in [1.29, 1.82) is 0 Å². The number of ether oxygens (including phenoxy) is 1. The normalized spacial score (nSPS) is 18.7. The van der Waals surface area contributed by atoms with Crippen molar-refractivity contribution in [3.8, 4) is 0 Å². The standard InChI is InChI=1S/C11H20N2O4/c1-10(2,12)4-8(14)13-6-11(3,7-13)17-5-9(15)16/h4-7,12H2,1-3H3,(H,15,16). The third-order valence-corrected chi connectivity index (χ3v) is 2.55. The van der Waals surface area contributed by atoms with Gasteiger partial charge in [0.05, 0.1) is 13.1 Å². The van der Waals surface area contributed by atoms with Crippen LogP contribution in [-0.4, -0.2) is 52.7 Å². The van der Waals surface area contributed by atoms with E-state index in [0.29, 0.717) is 13.1 Å². The van der Waals surface area contributed by atoms with Crippen molar-refractivity contribution in [3.63, 3.8) is 0 Å². The second-order valence-electron chi connectivity index (χ2n) is 5.55. The van der Waals surface area contributed by atoms with E-state index in [1.54, 1.807) is 25.7 Å². The smallest absolute Gasteiger partial charge is 0.329 e. The van der Waals surface area contributed by atoms with Crippen LogP contribution in [0.4, 0.5) is 0 Å². The van der Waals surface area contributed by atoms with E-state index in [2.05, 4.69) is 0 Å². The average molecular weight is 244 g/mol. The molecule has 17 heavy (non-hydrogen) atoms. The molecule has 6 nitrogen and oxygen atoms in total. The Morgan fingerprint density at radius 2 is 2.00 bits per heavy atom. The molecule has 98 valence electrons. The van der Waals surface area contributed by atoms with Gasteiger partial charge in [0.25, 0.3) is 0 Å². The summed E-state index contributed by atoms with van der Waals surface area (Å²) < 4.78 is 5.21. The maximum Gasteiger partial charge on any atom is 0.329 e. The van der Waals surface area contributed by atoms with Crippen LogP contribution in [0, 0.1) is 0 Å². The maximum atomic E-state index is 11.7. The molecule has 1 amide bonds. The minimum atomic E-state index is -1.00. The van der Waals surface area contributed by atoms with Crippen molar-refractivity contribution in [2.24, 2.45) is 5.73 Å². The number of hydrogen-bond donors (Lipinski definition) is 2. The van der Waals surface area contributed by atoms with Gasteiger partial charge in [-0.3, -0.25) is 4.79 Å². The largest absolute Gasteiger partial charge is 0.480 e. The zero-order chi connectivity index (χ0) is 13.3. The van der Waals surface area contributed by atoms with Gasteiger partial charge < -0.3 is 20.5 Å². The Hall–Kier alpha value is -1.14. The zero-order valence-corrected chi connectivity index (χ0v) is 10.5. The van der Waals surface area contributed by atoms with Crippen molar-refractivity contribution in [3.05, 3.63) is 0 Å². The second kappa shape index (κ2) is 4.62. The molecule has 0 atom stereocenters. The average Bonchev–Trinajstić information content (AvgIpc) is 2.07. The fourth-order valence-corrected chi connectivity index (χ4v) is 1.77. The van der Waals surface area contributed by atoms with Crippen LogP contribution in [0.3, 0.4) is 0 Å². The van der Waals surface area contributed by atoms with Gasteiger partial charge in [0.15, 0.2) is 0 Å². The van der Waals surface area contributed by atoms with Crippen molar-refractivity contribution < 1.29 is 19.4 Å². The molecule has 0 aliphatic carbocycles. The Kier molecular flexibility index (Phi) is 3.78. The summed E-state index contributed by atoms with van der Waals surface area (Å²) >= 11 is 0. The van der Waals surface area contributed by atoms with Crippen LogP contribution in [0.25, 0.3) is 0 Å². The Morgan fingerprint density at radius 1 is 1.47 bits per heavy atom. The first kappa shape index (κ1) is 13.9. The van der Waals surface area contributed by atoms with Crippen LogP contribution >= 0.6 is 0 Å². The first-order valence-electron chi connectivity index (χ1n) is 5.54. The minimum Gasteiger partial charge on any atom is -0.480 e. The number of aliphatic carboxylic acids is 1. The summed E-state index contributed by atoms with van der Waals surface area (Å²) in [4.78, 5) is 23.7. The second-order valence-corrected chi connectivity index (χ2v) is 5.55. The van der Waals surface area contributed by atoms with Gasteiger partial charge >= 0.3 is 5.97 Å². The molecule has 1 rings (SSSR count). The van der Waals surface area contributed by atoms with Gasteiger partial charge in [-0.05, 0) is 20.8 Å². The van der Waals surface area contributed by atoms with Gasteiger partial charge in [0, 0.05) is 12.0 Å². The van der Waals surface area contributed by atoms with Crippen LogP contribution in [0.1, 0.15) is 27.2 Å². The lowest BCUT2D eigenvalue weighted by molar-refractivity contribution is -0.173. The van der Waals surface area contributed by atoms with Crippen LogP contribution in [0.15, 0.2) is 0 Å². The van der Waals surface area contributed by atoms with Crippen molar-refractivity contribution in [1.82, 2.24) is 4.90 Å². The fraction of sp³-hybridized carbons (Fsp3) is 0.818. The summed E-state index contributed by atoms with van der Waals surface area (Å²) in [5, 5.41) is 8.50. The van der Waals surface area contributed by atoms with Crippen LogP contribution in [0.2, 0.25) is 0 Å². The molecule has 0 bridgehead atoms. The van der Waals surface area contributed by atoms with Crippen molar-refractivity contribution in [2.75, 3.05) is 19.7 Å². The van der Waals surface area contributed by atoms with E-state index in [9.17, 15) is 9.59 Å². The molecular weight excluding hydrogens is 224 g/mol. The first-order chi connectivity index (χ1) is 7.61. The number of hydrogen-bond acceptors (Lipinski definition) is 4. The highest BCUT2D eigenvalue weighted by Crippen LogP contribution is 2.26. The number of carboxylic acids is 1. The van der Waals surface area contributed by atoms with Crippen LogP contribution in [-0.2, 0) is 14.3 Å². The molecule has 1 aliphatic rings. The summed E-state index contributed by atoms with van der Waals surface area (Å²) in [6, 6.07) is 0. The molecule has 1 saturated heterocycles. The number of nitrogens with two attached hydrogens (primary N) is 1. The number of likely N-dealkylation sites (tertiary alicyclic amines) is 1. The monoisotopic (exact) mass is 244 g/mol. The first-order valence-corrected chi connectivity index (χ1v) is 5.54. The van der Waals surface area contributed by atoms with Gasteiger partial charge in [-0.1, -0.05) is 0 Å². The van der Waals surface area contributed by atoms with Crippen LogP contribution < -0.4 is 5.73 Å². The Balaban J connectivity index is 2.35. The molecule has 0 spiro atoms. The Morgan fingerprint density at radius 3 is 2.41 bits per heavy atom. The van der Waals surface area contributed by atoms with Gasteiger partial charge in [0.1, 0.15) is 12.2 Å². The predicted octanol–water partition coefficient (Wildman–Crippen LogP) is -0.184. The van der Waals surface area contributed by atoms with E-state index < -0.39 is 17.1 Å². The summed E-state index contributed by atoms with van der Waals surface area (Å²) in [6.45, 7) is 5.91. The molecule has 0 unspecified atom stereocenters. The third kappa shape index (κ3) is 4.32. The van der Waals surface area contributed by atoms with E-state index in [0.717, 1.165) is 0 Å². The fourth-order valence-electron chi connectivity index (χ4n) is 1.77. The predicted molar refractivity (Wildman–Crippen MR) is 61.5 cm³/mol. The van der Waals surface area contributed by atoms with E-state index in [1.165, 1.54) is 0 Å². The molecule has 1 aliphatic heterocycles. The topological polar surface area (TPSA) is 92.9 Å². The van der Waals surface area contributed by atoms with E-state index in [1.807, 2.05) is 0 Å². The Labute approximate surface area is 101 Å². The number of rotatable bonds is 5. The molecule has 0 radical (unpaired) electrons. The summed E-state index contributed by atoms with van der Waals surface area (Å²) in [5.74, 6) is -1.02. The molecule has 0 aromatic heterocycles. The molecule has 0 aromatic rings. The molecule has 0 saturated carbocycles. The highest BCUT2D eigenvalue weighted by Gasteiger charge is 2.43. The highest BCUT2D eigenvalue weighted by molar-refractivity contribution is 5.78. The SMILES string of the molecule is CC(C)(N)CC(=O)N1CC(C)(OCC(=O)O)C1. The molecule has 0 aromatic carbocycles. The number of nitrogens with zero attached hydrogens (tertiary/aromatic N) is 1. The van der Waals surface area contributed by atoms with E-state index in [-0.39, 0.29) is 18.9 Å². The van der Waals surface area contributed by atoms with Gasteiger partial charge in [-0.15, -0.1) is 0 Å². The summed E-state index contributed by atoms with van der Waals surface area (Å²) in [7, 11) is 0. The summed E-state index contributed by atoms with van der Waals surface area (Å²) in [6.07, 6.45) is 0.280. The van der Waals surface area contributed by atoms with E-state index >= 15 is 0 Å². The maximum absolute atomic E-state index is 11.7. The van der Waals surface area contributed by atoms with E-state index in [4.69, 9.17) is 15.6 Å². The lowest BCUT2D eigenvalue weighted by Crippen LogP contribution is -2.64. The van der Waals surface area contributed by atoms with Crippen molar-refractivity contribution in [2.45, 2.75) is 38.3 Å². The number of carbonyl (C=O) groups excluding carboxylic acids is 1. The lowest BCUT2D eigenvalue weighted by atomic mass is 9.93. The molecule has 3 N–H and O–H groups in total. The summed E-state index contributed by atoms with van der Waals surface area (Å²) in [5.41, 5.74) is 4.70. The number of carbonyl (C=O) groups is 2. The number of amides is 1. The molecule has 1 fully saturated rings. The van der Waals surface area contributed by atoms with Gasteiger partial charge in [-0.2, -0.15) is 0 Å².